The maximum atomic E-state index is 14.2. The molecule has 3 atom stereocenters. The molecule has 16 heteroatoms. The molecule has 6 heterocycles. The standard InChI is InChI=1S/C35H46BrF3N8O3S/c1-43-24-2-3-25(43)18-26(17-24)44-10-12-45(13-11-44)32(48)29(16-21-14-27(35(37,38)39)31(40)28(36)15-21)41-33(49)46-7-5-23(6-8-46)47-9-4-22-19-51-20-30(22)42-34(47)50/h14-15,19-20,23-26,29H,2-13,16-18,40H2,1H3,(H,41,49)(H,42,50)/t24?,25?,26?,29-/m1/s1. The van der Waals surface area contributed by atoms with E-state index in [2.05, 4.69) is 48.8 Å². The van der Waals surface area contributed by atoms with Crippen LogP contribution in [0, 0.1) is 0 Å². The van der Waals surface area contributed by atoms with Gasteiger partial charge in [0.1, 0.15) is 6.04 Å². The van der Waals surface area contributed by atoms with Gasteiger partial charge in [-0.1, -0.05) is 0 Å². The van der Waals surface area contributed by atoms with Crippen LogP contribution in [0.1, 0.15) is 55.2 Å². The number of halogens is 4. The summed E-state index contributed by atoms with van der Waals surface area (Å²) in [6, 6.07) is 2.45. The Labute approximate surface area is 308 Å². The predicted molar refractivity (Wildman–Crippen MR) is 194 cm³/mol. The van der Waals surface area contributed by atoms with Gasteiger partial charge >= 0.3 is 18.2 Å². The molecule has 0 spiro atoms. The van der Waals surface area contributed by atoms with Crippen LogP contribution in [0.25, 0.3) is 0 Å². The number of nitrogen functional groups attached to an aromatic ring is 1. The first kappa shape index (κ1) is 36.3. The number of nitrogens with one attached hydrogen (secondary N) is 2. The number of anilines is 2. The number of piperazine rings is 1. The number of carbonyl (C=O) groups excluding carboxylic acids is 3. The van der Waals surface area contributed by atoms with Crippen molar-refractivity contribution in [2.75, 3.05) is 63.9 Å². The molecule has 2 bridgehead atoms. The van der Waals surface area contributed by atoms with Crippen LogP contribution < -0.4 is 16.4 Å². The number of alkyl halides is 3. The third-order valence-electron chi connectivity index (χ3n) is 11.8. The summed E-state index contributed by atoms with van der Waals surface area (Å²) >= 11 is 4.73. The van der Waals surface area contributed by atoms with Crippen LogP contribution in [0.15, 0.2) is 27.4 Å². The van der Waals surface area contributed by atoms with Gasteiger partial charge in [-0.3, -0.25) is 9.69 Å². The minimum atomic E-state index is -4.69. The molecule has 0 aliphatic carbocycles. The van der Waals surface area contributed by atoms with E-state index in [-0.39, 0.29) is 34.4 Å². The molecule has 51 heavy (non-hydrogen) atoms. The molecule has 2 unspecified atom stereocenters. The van der Waals surface area contributed by atoms with E-state index in [4.69, 9.17) is 5.73 Å². The van der Waals surface area contributed by atoms with Crippen LogP contribution >= 0.6 is 27.3 Å². The largest absolute Gasteiger partial charge is 0.418 e. The number of rotatable bonds is 6. The number of amides is 5. The quantitative estimate of drug-likeness (QED) is 0.353. The average molecular weight is 796 g/mol. The lowest BCUT2D eigenvalue weighted by Crippen LogP contribution is -2.60. The Morgan fingerprint density at radius 3 is 2.31 bits per heavy atom. The first-order valence-electron chi connectivity index (χ1n) is 17.9. The summed E-state index contributed by atoms with van der Waals surface area (Å²) in [5.41, 5.74) is 6.57. The number of hydrogen-bond acceptors (Lipinski definition) is 7. The average Bonchev–Trinajstić information content (AvgIpc) is 3.55. The molecule has 1 aromatic carbocycles. The Balaban J connectivity index is 1.01. The smallest absolute Gasteiger partial charge is 0.397 e. The van der Waals surface area contributed by atoms with Gasteiger partial charge in [0, 0.05) is 86.3 Å². The number of piperidine rings is 2. The molecule has 1 aromatic heterocycles. The van der Waals surface area contributed by atoms with Crippen molar-refractivity contribution in [2.45, 2.75) is 87.8 Å². The fourth-order valence-corrected chi connectivity index (χ4v) is 10.1. The Morgan fingerprint density at radius 1 is 0.961 bits per heavy atom. The van der Waals surface area contributed by atoms with Crippen LogP contribution in [-0.4, -0.2) is 126 Å². The van der Waals surface area contributed by atoms with Crippen molar-refractivity contribution < 1.29 is 27.6 Å². The van der Waals surface area contributed by atoms with Crippen LogP contribution in [-0.2, 0) is 23.8 Å². The highest BCUT2D eigenvalue weighted by atomic mass is 79.9. The first-order valence-corrected chi connectivity index (χ1v) is 19.7. The summed E-state index contributed by atoms with van der Waals surface area (Å²) in [5, 5.41) is 9.89. The predicted octanol–water partition coefficient (Wildman–Crippen LogP) is 5.06. The Hall–Kier alpha value is -3.08. The lowest BCUT2D eigenvalue weighted by atomic mass is 9.95. The summed E-state index contributed by atoms with van der Waals surface area (Å²) in [4.78, 5) is 51.1. The zero-order chi connectivity index (χ0) is 36.0. The number of nitrogens with two attached hydrogens (primary N) is 1. The number of carbonyl (C=O) groups is 3. The number of nitrogens with zero attached hydrogens (tertiary/aromatic N) is 5. The molecule has 11 nitrogen and oxygen atoms in total. The zero-order valence-corrected chi connectivity index (χ0v) is 31.2. The van der Waals surface area contributed by atoms with Crippen LogP contribution in [0.2, 0.25) is 0 Å². The molecule has 5 aliphatic heterocycles. The number of likely N-dealkylation sites (tertiary alicyclic amines) is 1. The minimum Gasteiger partial charge on any atom is -0.397 e. The van der Waals surface area contributed by atoms with Gasteiger partial charge < -0.3 is 36.0 Å². The summed E-state index contributed by atoms with van der Waals surface area (Å²) < 4.78 is 41.8. The topological polar surface area (TPSA) is 117 Å². The van der Waals surface area contributed by atoms with Crippen LogP contribution in [0.3, 0.4) is 0 Å². The summed E-state index contributed by atoms with van der Waals surface area (Å²) in [6.07, 6.45) is 1.82. The second-order valence-corrected chi connectivity index (χ2v) is 16.3. The number of hydrogen-bond donors (Lipinski definition) is 3. The molecule has 5 aliphatic rings. The zero-order valence-electron chi connectivity index (χ0n) is 28.8. The highest BCUT2D eigenvalue weighted by Gasteiger charge is 2.42. The Kier molecular flexibility index (Phi) is 10.5. The fraction of sp³-hybridized carbons (Fsp3) is 0.629. The van der Waals surface area contributed by atoms with Gasteiger partial charge in [0.2, 0.25) is 5.91 Å². The van der Waals surface area contributed by atoms with Crippen LogP contribution in [0.4, 0.5) is 34.1 Å². The molecule has 2 aromatic rings. The molecule has 4 fully saturated rings. The summed E-state index contributed by atoms with van der Waals surface area (Å²) in [7, 11) is 2.22. The van der Waals surface area contributed by atoms with Gasteiger partial charge in [0.25, 0.3) is 0 Å². The van der Waals surface area contributed by atoms with Crippen molar-refractivity contribution in [1.82, 2.24) is 29.8 Å². The molecule has 7 rings (SSSR count). The monoisotopic (exact) mass is 794 g/mol. The second-order valence-electron chi connectivity index (χ2n) is 14.7. The molecule has 4 saturated heterocycles. The highest BCUT2D eigenvalue weighted by molar-refractivity contribution is 9.10. The summed E-state index contributed by atoms with van der Waals surface area (Å²) in [5.74, 6) is -0.309. The maximum Gasteiger partial charge on any atom is 0.418 e. The lowest BCUT2D eigenvalue weighted by molar-refractivity contribution is -0.137. The number of benzene rings is 1. The van der Waals surface area contributed by atoms with Crippen molar-refractivity contribution in [1.29, 1.82) is 0 Å². The molecule has 278 valence electrons. The van der Waals surface area contributed by atoms with E-state index < -0.39 is 29.5 Å². The van der Waals surface area contributed by atoms with Crippen molar-refractivity contribution in [2.24, 2.45) is 0 Å². The van der Waals surface area contributed by atoms with Crippen molar-refractivity contribution >= 4 is 56.6 Å². The number of fused-ring (bicyclic) bond motifs is 3. The molecule has 0 saturated carbocycles. The van der Waals surface area contributed by atoms with Gasteiger partial charge in [-0.05, 0) is 96.6 Å². The number of thiophene rings is 1. The van der Waals surface area contributed by atoms with E-state index in [0.29, 0.717) is 63.7 Å². The fourth-order valence-electron chi connectivity index (χ4n) is 8.80. The van der Waals surface area contributed by atoms with E-state index in [1.54, 1.807) is 21.1 Å². The van der Waals surface area contributed by atoms with Gasteiger partial charge in [0.05, 0.1) is 16.9 Å². The second kappa shape index (κ2) is 14.7. The third-order valence-corrected chi connectivity index (χ3v) is 13.3. The molecule has 5 amide bonds. The van der Waals surface area contributed by atoms with Crippen molar-refractivity contribution in [3.05, 3.63) is 44.1 Å². The first-order chi connectivity index (χ1) is 24.4. The summed E-state index contributed by atoms with van der Waals surface area (Å²) in [6.45, 7) is 3.76. The van der Waals surface area contributed by atoms with E-state index in [1.165, 1.54) is 18.9 Å². The van der Waals surface area contributed by atoms with E-state index in [0.717, 1.165) is 49.7 Å². The van der Waals surface area contributed by atoms with Crippen molar-refractivity contribution in [3.8, 4) is 0 Å². The Bertz CT molecular complexity index is 1610. The highest BCUT2D eigenvalue weighted by Crippen LogP contribution is 2.39. The van der Waals surface area contributed by atoms with E-state index >= 15 is 0 Å². The van der Waals surface area contributed by atoms with E-state index in [1.807, 2.05) is 10.3 Å². The maximum absolute atomic E-state index is 14.2. The number of urea groups is 2. The SMILES string of the molecule is CN1C2CCC1CC(N1CCN(C(=O)[C@@H](Cc3cc(Br)c(N)c(C(F)(F)F)c3)NC(=O)N3CCC(N4CCc5cscc5NC4=O)CC3)CC1)C2. The van der Waals surface area contributed by atoms with E-state index in [9.17, 15) is 27.6 Å². The molecular weight excluding hydrogens is 749 g/mol. The molecular formula is C35H46BrF3N8O3S. The van der Waals surface area contributed by atoms with Crippen molar-refractivity contribution in [3.63, 3.8) is 0 Å². The third kappa shape index (κ3) is 7.70. The minimum absolute atomic E-state index is 0.0388. The van der Waals surface area contributed by atoms with Gasteiger partial charge in [0.15, 0.2) is 0 Å². The lowest BCUT2D eigenvalue weighted by Gasteiger charge is -2.45. The molecule has 0 radical (unpaired) electrons. The normalized spacial score (nSPS) is 25.7. The van der Waals surface area contributed by atoms with Gasteiger partial charge in [-0.2, -0.15) is 13.2 Å². The Morgan fingerprint density at radius 2 is 1.65 bits per heavy atom. The molecule has 4 N–H and O–H groups in total. The van der Waals surface area contributed by atoms with Crippen LogP contribution in [0.5, 0.6) is 0 Å². The van der Waals surface area contributed by atoms with Gasteiger partial charge in [-0.15, -0.1) is 11.3 Å². The van der Waals surface area contributed by atoms with Gasteiger partial charge in [-0.25, -0.2) is 9.59 Å².